The molecule has 16 heavy (non-hydrogen) atoms. The van der Waals surface area contributed by atoms with Gasteiger partial charge in [0.15, 0.2) is 0 Å². The molecule has 2 aromatic rings. The third-order valence-electron chi connectivity index (χ3n) is 2.65. The molecule has 0 saturated carbocycles. The van der Waals surface area contributed by atoms with Gasteiger partial charge in [0.25, 0.3) is 0 Å². The van der Waals surface area contributed by atoms with Crippen LogP contribution in [-0.2, 0) is 7.05 Å². The number of rotatable bonds is 2. The molecule has 0 aliphatic rings. The lowest BCUT2D eigenvalue weighted by atomic mass is 9.94. The molecule has 0 spiro atoms. The fraction of sp³-hybridized carbons (Fsp3) is 0.308. The molecule has 2 nitrogen and oxygen atoms in total. The van der Waals surface area contributed by atoms with Gasteiger partial charge in [0.05, 0.1) is 6.20 Å². The summed E-state index contributed by atoms with van der Waals surface area (Å²) < 4.78 is 15.0. The van der Waals surface area contributed by atoms with Crippen molar-refractivity contribution in [3.8, 4) is 11.1 Å². The molecule has 0 radical (unpaired) electrons. The van der Waals surface area contributed by atoms with Crippen LogP contribution >= 0.6 is 0 Å². The monoisotopic (exact) mass is 218 g/mol. The first kappa shape index (κ1) is 10.9. The predicted molar refractivity (Wildman–Crippen MR) is 62.7 cm³/mol. The Morgan fingerprint density at radius 3 is 2.62 bits per heavy atom. The molecular weight excluding hydrogens is 203 g/mol. The fourth-order valence-electron chi connectivity index (χ4n) is 1.83. The maximum atomic E-state index is 13.2. The highest BCUT2D eigenvalue weighted by molar-refractivity contribution is 5.66. The Kier molecular flexibility index (Phi) is 2.77. The van der Waals surface area contributed by atoms with Gasteiger partial charge in [-0.05, 0) is 29.2 Å². The number of benzene rings is 1. The van der Waals surface area contributed by atoms with Crippen molar-refractivity contribution in [2.75, 3.05) is 0 Å². The molecule has 0 amide bonds. The van der Waals surface area contributed by atoms with Crippen molar-refractivity contribution in [3.63, 3.8) is 0 Å². The molecule has 1 heterocycles. The first-order valence-electron chi connectivity index (χ1n) is 5.36. The van der Waals surface area contributed by atoms with E-state index in [0.717, 1.165) is 16.7 Å². The minimum Gasteiger partial charge on any atom is -0.275 e. The van der Waals surface area contributed by atoms with Crippen LogP contribution in [0, 0.1) is 5.82 Å². The van der Waals surface area contributed by atoms with E-state index in [0.29, 0.717) is 5.92 Å². The van der Waals surface area contributed by atoms with Crippen LogP contribution in [0.25, 0.3) is 11.1 Å². The first-order chi connectivity index (χ1) is 7.58. The molecule has 1 aromatic carbocycles. The van der Waals surface area contributed by atoms with E-state index in [1.165, 1.54) is 6.07 Å². The van der Waals surface area contributed by atoms with Gasteiger partial charge in [-0.2, -0.15) is 5.10 Å². The third-order valence-corrected chi connectivity index (χ3v) is 2.65. The molecule has 0 bridgehead atoms. The van der Waals surface area contributed by atoms with Gasteiger partial charge in [0, 0.05) is 18.8 Å². The summed E-state index contributed by atoms with van der Waals surface area (Å²) >= 11 is 0. The SMILES string of the molecule is CC(C)c1cc(F)ccc1-c1cnn(C)c1. The van der Waals surface area contributed by atoms with Crippen molar-refractivity contribution in [2.45, 2.75) is 19.8 Å². The lowest BCUT2D eigenvalue weighted by Crippen LogP contribution is -1.93. The highest BCUT2D eigenvalue weighted by atomic mass is 19.1. The van der Waals surface area contributed by atoms with E-state index in [4.69, 9.17) is 0 Å². The van der Waals surface area contributed by atoms with Crippen LogP contribution in [0.3, 0.4) is 0 Å². The smallest absolute Gasteiger partial charge is 0.123 e. The van der Waals surface area contributed by atoms with E-state index in [1.54, 1.807) is 16.9 Å². The van der Waals surface area contributed by atoms with E-state index in [-0.39, 0.29) is 5.82 Å². The van der Waals surface area contributed by atoms with Crippen LogP contribution in [0.4, 0.5) is 4.39 Å². The van der Waals surface area contributed by atoms with Gasteiger partial charge >= 0.3 is 0 Å². The summed E-state index contributed by atoms with van der Waals surface area (Å²) in [7, 11) is 1.88. The lowest BCUT2D eigenvalue weighted by molar-refractivity contribution is 0.623. The van der Waals surface area contributed by atoms with E-state index in [1.807, 2.05) is 19.3 Å². The highest BCUT2D eigenvalue weighted by Gasteiger charge is 2.10. The van der Waals surface area contributed by atoms with Crippen LogP contribution in [-0.4, -0.2) is 9.78 Å². The molecule has 3 heteroatoms. The number of nitrogens with zero attached hydrogens (tertiary/aromatic N) is 2. The molecule has 0 atom stereocenters. The number of hydrogen-bond acceptors (Lipinski definition) is 1. The largest absolute Gasteiger partial charge is 0.275 e. The Morgan fingerprint density at radius 2 is 2.06 bits per heavy atom. The highest BCUT2D eigenvalue weighted by Crippen LogP contribution is 2.29. The van der Waals surface area contributed by atoms with E-state index in [2.05, 4.69) is 18.9 Å². The minimum absolute atomic E-state index is 0.184. The lowest BCUT2D eigenvalue weighted by Gasteiger charge is -2.11. The van der Waals surface area contributed by atoms with Crippen molar-refractivity contribution in [1.82, 2.24) is 9.78 Å². The number of hydrogen-bond donors (Lipinski definition) is 0. The Morgan fingerprint density at radius 1 is 1.31 bits per heavy atom. The van der Waals surface area contributed by atoms with Gasteiger partial charge in [0.2, 0.25) is 0 Å². The van der Waals surface area contributed by atoms with Crippen LogP contribution in [0.1, 0.15) is 25.3 Å². The second kappa shape index (κ2) is 4.08. The maximum absolute atomic E-state index is 13.2. The predicted octanol–water partition coefficient (Wildman–Crippen LogP) is 3.35. The molecule has 0 N–H and O–H groups in total. The van der Waals surface area contributed by atoms with Crippen molar-refractivity contribution in [1.29, 1.82) is 0 Å². The molecule has 0 saturated heterocycles. The average molecular weight is 218 g/mol. The average Bonchev–Trinajstić information content (AvgIpc) is 2.64. The number of aryl methyl sites for hydroxylation is 1. The molecule has 0 fully saturated rings. The standard InChI is InChI=1S/C13H15FN2/c1-9(2)13-6-11(14)4-5-12(13)10-7-15-16(3)8-10/h4-9H,1-3H3. The summed E-state index contributed by atoms with van der Waals surface area (Å²) in [4.78, 5) is 0. The van der Waals surface area contributed by atoms with Crippen LogP contribution in [0.2, 0.25) is 0 Å². The van der Waals surface area contributed by atoms with Crippen molar-refractivity contribution >= 4 is 0 Å². The van der Waals surface area contributed by atoms with Gasteiger partial charge in [-0.1, -0.05) is 19.9 Å². The second-order valence-corrected chi connectivity index (χ2v) is 4.29. The second-order valence-electron chi connectivity index (χ2n) is 4.29. The van der Waals surface area contributed by atoms with Crippen molar-refractivity contribution in [2.24, 2.45) is 7.05 Å². The minimum atomic E-state index is -0.184. The summed E-state index contributed by atoms with van der Waals surface area (Å²) in [5, 5.41) is 4.14. The molecule has 0 aliphatic carbocycles. The molecule has 84 valence electrons. The topological polar surface area (TPSA) is 17.8 Å². The summed E-state index contributed by atoms with van der Waals surface area (Å²) in [5.74, 6) is 0.113. The van der Waals surface area contributed by atoms with Crippen LogP contribution in [0.15, 0.2) is 30.6 Å². The summed E-state index contributed by atoms with van der Waals surface area (Å²) in [6, 6.07) is 4.92. The molecular formula is C13H15FN2. The molecule has 0 aliphatic heterocycles. The van der Waals surface area contributed by atoms with Gasteiger partial charge < -0.3 is 0 Å². The van der Waals surface area contributed by atoms with Crippen molar-refractivity contribution in [3.05, 3.63) is 42.0 Å². The van der Waals surface area contributed by atoms with E-state index >= 15 is 0 Å². The fourth-order valence-corrected chi connectivity index (χ4v) is 1.83. The van der Waals surface area contributed by atoms with Gasteiger partial charge in [-0.25, -0.2) is 4.39 Å². The van der Waals surface area contributed by atoms with Gasteiger partial charge in [-0.3, -0.25) is 4.68 Å². The quantitative estimate of drug-likeness (QED) is 0.755. The van der Waals surface area contributed by atoms with Gasteiger partial charge in [-0.15, -0.1) is 0 Å². The van der Waals surface area contributed by atoms with Crippen molar-refractivity contribution < 1.29 is 4.39 Å². The Hall–Kier alpha value is -1.64. The first-order valence-corrected chi connectivity index (χ1v) is 5.36. The third kappa shape index (κ3) is 1.98. The van der Waals surface area contributed by atoms with Crippen LogP contribution in [0.5, 0.6) is 0 Å². The molecule has 2 rings (SSSR count). The van der Waals surface area contributed by atoms with E-state index < -0.39 is 0 Å². The molecule has 1 aromatic heterocycles. The zero-order valence-corrected chi connectivity index (χ0v) is 9.74. The Bertz CT molecular complexity index is 500. The number of halogens is 1. The molecule has 0 unspecified atom stereocenters. The Labute approximate surface area is 94.7 Å². The van der Waals surface area contributed by atoms with E-state index in [9.17, 15) is 4.39 Å². The van der Waals surface area contributed by atoms with Gasteiger partial charge in [0.1, 0.15) is 5.82 Å². The van der Waals surface area contributed by atoms with Crippen LogP contribution < -0.4 is 0 Å². The normalized spacial score (nSPS) is 11.1. The zero-order valence-electron chi connectivity index (χ0n) is 9.74. The zero-order chi connectivity index (χ0) is 11.7. The maximum Gasteiger partial charge on any atom is 0.123 e. The summed E-state index contributed by atoms with van der Waals surface area (Å²) in [5.41, 5.74) is 3.11. The number of aromatic nitrogens is 2. The summed E-state index contributed by atoms with van der Waals surface area (Å²) in [6.45, 7) is 4.13. The summed E-state index contributed by atoms with van der Waals surface area (Å²) in [6.07, 6.45) is 3.75. The Balaban J connectivity index is 2.56.